The van der Waals surface area contributed by atoms with Crippen LogP contribution in [0.4, 0.5) is 0 Å². The molecule has 2 N–H and O–H groups in total. The van der Waals surface area contributed by atoms with Gasteiger partial charge in [0.05, 0.1) is 34.5 Å². The van der Waals surface area contributed by atoms with Gasteiger partial charge in [0, 0.05) is 33.4 Å². The highest BCUT2D eigenvalue weighted by atomic mass is 16.5. The Morgan fingerprint density at radius 1 is 1.09 bits per heavy atom. The molecule has 3 heterocycles. The van der Waals surface area contributed by atoms with Gasteiger partial charge in [-0.2, -0.15) is 0 Å². The van der Waals surface area contributed by atoms with Crippen molar-refractivity contribution < 1.29 is 19.7 Å². The molecule has 2 saturated carbocycles. The lowest BCUT2D eigenvalue weighted by molar-refractivity contribution is -0.144. The van der Waals surface area contributed by atoms with E-state index in [1.54, 1.807) is 0 Å². The molecule has 0 radical (unpaired) electrons. The zero-order valence-corrected chi connectivity index (χ0v) is 29.0. The molecule has 2 fully saturated rings. The summed E-state index contributed by atoms with van der Waals surface area (Å²) in [6.45, 7) is 25.8. The lowest BCUT2D eigenvalue weighted by atomic mass is 9.40. The summed E-state index contributed by atoms with van der Waals surface area (Å²) in [5.74, 6) is 0.547. The van der Waals surface area contributed by atoms with Crippen molar-refractivity contribution in [2.45, 2.75) is 122 Å². The van der Waals surface area contributed by atoms with E-state index >= 15 is 0 Å². The predicted molar refractivity (Wildman–Crippen MR) is 184 cm³/mol. The first-order chi connectivity index (χ1) is 21.4. The van der Waals surface area contributed by atoms with E-state index in [4.69, 9.17) is 4.74 Å². The predicted octanol–water partition coefficient (Wildman–Crippen LogP) is 8.34. The molecular weight excluding hydrogens is 570 g/mol. The van der Waals surface area contributed by atoms with Gasteiger partial charge in [-0.25, -0.2) is 0 Å². The number of rotatable bonds is 3. The smallest absolute Gasteiger partial charge is 0.192 e. The Morgan fingerprint density at radius 2 is 1.80 bits per heavy atom. The maximum absolute atomic E-state index is 14.8. The van der Waals surface area contributed by atoms with Crippen molar-refractivity contribution in [3.8, 4) is 0 Å². The minimum absolute atomic E-state index is 0.0609. The molecule has 0 amide bonds. The van der Waals surface area contributed by atoms with Crippen molar-refractivity contribution in [1.29, 1.82) is 0 Å². The molecule has 244 valence electrons. The van der Waals surface area contributed by atoms with Crippen LogP contribution in [-0.4, -0.2) is 37.9 Å². The molecule has 2 aliphatic heterocycles. The maximum Gasteiger partial charge on any atom is 0.192 e. The van der Waals surface area contributed by atoms with Crippen LogP contribution in [0.25, 0.3) is 16.5 Å². The van der Waals surface area contributed by atoms with E-state index in [-0.39, 0.29) is 33.9 Å². The minimum atomic E-state index is -0.824. The number of aromatic nitrogens is 1. The maximum atomic E-state index is 14.8. The number of allylic oxidation sites excluding steroid dienone is 3. The number of aliphatic hydroxyl groups excluding tert-OH is 2. The summed E-state index contributed by atoms with van der Waals surface area (Å²) in [6.07, 6.45) is 11.8. The van der Waals surface area contributed by atoms with Gasteiger partial charge >= 0.3 is 0 Å². The number of ether oxygens (including phenoxy) is 1. The Bertz CT molecular complexity index is 1840. The fourth-order valence-corrected chi connectivity index (χ4v) is 12.4. The quantitative estimate of drug-likeness (QED) is 0.267. The third kappa shape index (κ3) is 3.35. The topological polar surface area (TPSA) is 71.7 Å². The minimum Gasteiger partial charge on any atom is -0.392 e. The first-order valence-electron chi connectivity index (χ1n) is 17.5. The number of ketones is 1. The number of hydrogen-bond acceptors (Lipinski definition) is 4. The molecule has 0 bridgehead atoms. The lowest BCUT2D eigenvalue weighted by Crippen LogP contribution is -2.62. The van der Waals surface area contributed by atoms with Crippen molar-refractivity contribution in [3.63, 3.8) is 0 Å². The van der Waals surface area contributed by atoms with E-state index in [0.29, 0.717) is 11.5 Å². The number of Topliss-reactive ketones (excluding diaryl/α,β-unsaturated/α-hetero) is 1. The molecule has 46 heavy (non-hydrogen) atoms. The largest absolute Gasteiger partial charge is 0.392 e. The van der Waals surface area contributed by atoms with Crippen LogP contribution in [0.1, 0.15) is 126 Å². The molecule has 0 spiro atoms. The summed E-state index contributed by atoms with van der Waals surface area (Å²) in [7, 11) is 0. The van der Waals surface area contributed by atoms with Crippen molar-refractivity contribution in [3.05, 3.63) is 77.0 Å². The fourth-order valence-electron chi connectivity index (χ4n) is 12.4. The van der Waals surface area contributed by atoms with E-state index < -0.39 is 29.5 Å². The van der Waals surface area contributed by atoms with E-state index in [1.807, 2.05) is 19.1 Å². The Kier molecular flexibility index (Phi) is 6.01. The molecule has 2 aromatic rings. The van der Waals surface area contributed by atoms with Gasteiger partial charge in [0.15, 0.2) is 5.78 Å². The second-order valence-electron chi connectivity index (χ2n) is 17.4. The third-order valence-corrected chi connectivity index (χ3v) is 14.2. The second kappa shape index (κ2) is 9.03. The van der Waals surface area contributed by atoms with Crippen LogP contribution in [0.15, 0.2) is 49.1 Å². The summed E-state index contributed by atoms with van der Waals surface area (Å²) in [5, 5.41) is 24.8. The van der Waals surface area contributed by atoms with Crippen molar-refractivity contribution in [2.75, 3.05) is 0 Å². The summed E-state index contributed by atoms with van der Waals surface area (Å²) in [4.78, 5) is 14.8. The van der Waals surface area contributed by atoms with Crippen LogP contribution in [0, 0.1) is 28.6 Å². The van der Waals surface area contributed by atoms with Crippen molar-refractivity contribution in [2.24, 2.45) is 28.6 Å². The van der Waals surface area contributed by atoms with E-state index in [0.717, 1.165) is 59.9 Å². The molecular formula is C41H51NO4. The van der Waals surface area contributed by atoms with E-state index in [1.165, 1.54) is 16.6 Å². The summed E-state index contributed by atoms with van der Waals surface area (Å²) < 4.78 is 8.91. The number of fused-ring (bicyclic) bond motifs is 11. The number of benzene rings is 1. The number of carbonyl (C=O) groups excluding carboxylic acids is 1. The van der Waals surface area contributed by atoms with Gasteiger partial charge in [-0.05, 0) is 113 Å². The van der Waals surface area contributed by atoms with Gasteiger partial charge in [-0.3, -0.25) is 4.79 Å². The molecule has 1 aromatic carbocycles. The van der Waals surface area contributed by atoms with Gasteiger partial charge < -0.3 is 19.5 Å². The standard InChI is InChI=1S/C41H51NO4/c1-11-12-16-39(8)27-14-13-22-18-25-24-19-23-26-20-37(4,5)46-38(6,7)31(26)34(44)29(23)30-33(24)42(32(21(2)3)35(30)45)36(25)41(22,10)40(27,9)17-15-28(39)43/h11-12,16,19-20,22,27-28,31-32,34,43-44H,1-2,13-15,17-18H2,3-10H3/b16-12+/t22-,27-,28-,31+,32-,34+,39-,40-,41+/m0/s1. The molecule has 1 aromatic heterocycles. The van der Waals surface area contributed by atoms with Gasteiger partial charge in [-0.1, -0.05) is 57.7 Å². The average molecular weight is 622 g/mol. The number of carbonyl (C=O) groups is 1. The lowest BCUT2D eigenvalue weighted by Gasteiger charge is -2.64. The van der Waals surface area contributed by atoms with Crippen LogP contribution in [-0.2, 0) is 16.6 Å². The molecule has 5 heteroatoms. The first-order valence-corrected chi connectivity index (χ1v) is 17.5. The van der Waals surface area contributed by atoms with Gasteiger partial charge in [0.1, 0.15) is 6.04 Å². The zero-order chi connectivity index (χ0) is 33.1. The first kappa shape index (κ1) is 30.6. The SMILES string of the molecule is C=C/C=C/[C@]1(C)[C@@H](O)CC[C@@]2(C)[C@H]1CC[C@H]1Cc3c(n4c5c(c6c(cc35)C3=CC(C)(C)OC(C)(C)[C@H]3[C@@H]6O)C(=O)[C@@H]4C(=C)C)[C@@]12C. The van der Waals surface area contributed by atoms with E-state index in [2.05, 4.69) is 84.4 Å². The third-order valence-electron chi connectivity index (χ3n) is 14.2. The van der Waals surface area contributed by atoms with Crippen molar-refractivity contribution >= 4 is 22.3 Å². The molecule has 8 rings (SSSR count). The van der Waals surface area contributed by atoms with Gasteiger partial charge in [0.2, 0.25) is 0 Å². The second-order valence-corrected chi connectivity index (χ2v) is 17.4. The van der Waals surface area contributed by atoms with Gasteiger partial charge in [-0.15, -0.1) is 0 Å². The molecule has 4 aliphatic carbocycles. The van der Waals surface area contributed by atoms with Gasteiger partial charge in [0.25, 0.3) is 0 Å². The highest BCUT2D eigenvalue weighted by Gasteiger charge is 2.67. The molecule has 6 aliphatic rings. The molecule has 0 unspecified atom stereocenters. The van der Waals surface area contributed by atoms with Crippen molar-refractivity contribution in [1.82, 2.24) is 4.57 Å². The molecule has 5 nitrogen and oxygen atoms in total. The number of nitrogens with zero attached hydrogens (tertiary/aromatic N) is 1. The van der Waals surface area contributed by atoms with Crippen LogP contribution >= 0.6 is 0 Å². The fraction of sp³-hybridized carbons (Fsp3) is 0.585. The summed E-state index contributed by atoms with van der Waals surface area (Å²) >= 11 is 0. The molecule has 9 atom stereocenters. The highest BCUT2D eigenvalue weighted by Crippen LogP contribution is 2.71. The number of hydrogen-bond donors (Lipinski definition) is 2. The highest BCUT2D eigenvalue weighted by molar-refractivity contribution is 6.18. The van der Waals surface area contributed by atoms with Crippen LogP contribution in [0.5, 0.6) is 0 Å². The Balaban J connectivity index is 1.42. The number of aliphatic hydroxyl groups is 2. The Hall–Kier alpha value is -2.73. The van der Waals surface area contributed by atoms with E-state index in [9.17, 15) is 15.0 Å². The van der Waals surface area contributed by atoms with Crippen LogP contribution < -0.4 is 0 Å². The Labute approximate surface area is 274 Å². The Morgan fingerprint density at radius 3 is 2.48 bits per heavy atom. The van der Waals surface area contributed by atoms with Crippen LogP contribution in [0.3, 0.4) is 0 Å². The summed E-state index contributed by atoms with van der Waals surface area (Å²) in [6, 6.07) is 1.84. The normalized spacial score (nSPS) is 41.2. The molecule has 0 saturated heterocycles. The zero-order valence-electron chi connectivity index (χ0n) is 29.0. The summed E-state index contributed by atoms with van der Waals surface area (Å²) in [5.41, 5.74) is 6.38. The average Bonchev–Trinajstić information content (AvgIpc) is 3.62. The monoisotopic (exact) mass is 621 g/mol. The van der Waals surface area contributed by atoms with Crippen LogP contribution in [0.2, 0.25) is 0 Å².